The van der Waals surface area contributed by atoms with Gasteiger partial charge in [0, 0.05) is 12.8 Å². The fourth-order valence-electron chi connectivity index (χ4n) is 3.03. The molecular weight excluding hydrogens is 272 g/mol. The molecule has 0 aromatic rings. The van der Waals surface area contributed by atoms with E-state index in [1.165, 1.54) is 70.6 Å². The lowest BCUT2D eigenvalue weighted by Crippen LogP contribution is -2.27. The quantitative estimate of drug-likeness (QED) is 0.243. The number of rotatable bonds is 17. The zero-order chi connectivity index (χ0) is 16.5. The van der Waals surface area contributed by atoms with Crippen molar-refractivity contribution < 1.29 is 10.2 Å². The molecule has 134 valence electrons. The summed E-state index contributed by atoms with van der Waals surface area (Å²) in [6.07, 6.45) is 19.8. The first kappa shape index (κ1) is 21.9. The van der Waals surface area contributed by atoms with E-state index >= 15 is 0 Å². The van der Waals surface area contributed by atoms with Crippen LogP contribution in [0, 0.1) is 0 Å². The molecule has 0 radical (unpaired) electrons. The molecule has 2 nitrogen and oxygen atoms in total. The summed E-state index contributed by atoms with van der Waals surface area (Å²) < 4.78 is 0. The summed E-state index contributed by atoms with van der Waals surface area (Å²) in [5.74, 6) is -1.41. The summed E-state index contributed by atoms with van der Waals surface area (Å²) in [4.78, 5) is 0. The molecule has 0 rings (SSSR count). The number of aliphatic hydroxyl groups is 2. The van der Waals surface area contributed by atoms with E-state index in [2.05, 4.69) is 13.8 Å². The Labute approximate surface area is 139 Å². The van der Waals surface area contributed by atoms with Crippen LogP contribution >= 0.6 is 0 Å². The van der Waals surface area contributed by atoms with Crippen molar-refractivity contribution in [2.75, 3.05) is 0 Å². The molecule has 0 aromatic heterocycles. The molecule has 22 heavy (non-hydrogen) atoms. The van der Waals surface area contributed by atoms with Gasteiger partial charge in [0.2, 0.25) is 0 Å². The first-order chi connectivity index (χ1) is 10.6. The molecule has 0 saturated heterocycles. The van der Waals surface area contributed by atoms with Crippen LogP contribution in [0.25, 0.3) is 0 Å². The monoisotopic (exact) mass is 314 g/mol. The molecule has 0 unspecified atom stereocenters. The van der Waals surface area contributed by atoms with Crippen molar-refractivity contribution in [3.8, 4) is 0 Å². The van der Waals surface area contributed by atoms with Crippen molar-refractivity contribution >= 4 is 0 Å². The van der Waals surface area contributed by atoms with Crippen LogP contribution in [0.15, 0.2) is 0 Å². The summed E-state index contributed by atoms with van der Waals surface area (Å²) in [5, 5.41) is 19.9. The number of unbranched alkanes of at least 4 members (excludes halogenated alkanes) is 13. The van der Waals surface area contributed by atoms with E-state index in [0.29, 0.717) is 12.8 Å². The standard InChI is InChI=1S/C20H42O2/c1-3-5-7-9-10-11-12-13-15-17-19-20(21,22)18-16-14-8-6-4-2/h21-22H,3-19H2,1-2H3. The lowest BCUT2D eigenvalue weighted by atomic mass is 9.99. The van der Waals surface area contributed by atoms with Gasteiger partial charge in [-0.3, -0.25) is 0 Å². The van der Waals surface area contributed by atoms with E-state index < -0.39 is 5.79 Å². The summed E-state index contributed by atoms with van der Waals surface area (Å²) in [5.41, 5.74) is 0. The minimum Gasteiger partial charge on any atom is -0.366 e. The Morgan fingerprint density at radius 3 is 1.05 bits per heavy atom. The van der Waals surface area contributed by atoms with Gasteiger partial charge >= 0.3 is 0 Å². The summed E-state index contributed by atoms with van der Waals surface area (Å²) >= 11 is 0. The molecule has 0 spiro atoms. The molecule has 0 fully saturated rings. The summed E-state index contributed by atoms with van der Waals surface area (Å²) in [6.45, 7) is 4.46. The molecule has 0 aromatic carbocycles. The van der Waals surface area contributed by atoms with Gasteiger partial charge in [-0.1, -0.05) is 97.3 Å². The smallest absolute Gasteiger partial charge is 0.162 e. The SMILES string of the molecule is CCCCCCCCCCCCC(O)(O)CCCCCCC. The van der Waals surface area contributed by atoms with E-state index in [4.69, 9.17) is 0 Å². The Bertz CT molecular complexity index is 214. The second-order valence-electron chi connectivity index (χ2n) is 7.08. The molecule has 0 amide bonds. The number of hydrogen-bond donors (Lipinski definition) is 2. The maximum Gasteiger partial charge on any atom is 0.162 e. The van der Waals surface area contributed by atoms with Gasteiger partial charge in [0.25, 0.3) is 0 Å². The second-order valence-corrected chi connectivity index (χ2v) is 7.08. The minimum absolute atomic E-state index is 0.550. The molecule has 0 bridgehead atoms. The fourth-order valence-corrected chi connectivity index (χ4v) is 3.03. The highest BCUT2D eigenvalue weighted by Crippen LogP contribution is 2.20. The molecule has 0 aliphatic rings. The van der Waals surface area contributed by atoms with Gasteiger partial charge in [-0.15, -0.1) is 0 Å². The van der Waals surface area contributed by atoms with Gasteiger partial charge in [-0.25, -0.2) is 0 Å². The van der Waals surface area contributed by atoms with Crippen LogP contribution in [0.1, 0.15) is 123 Å². The lowest BCUT2D eigenvalue weighted by Gasteiger charge is -2.21. The van der Waals surface area contributed by atoms with Crippen LogP contribution in [0.2, 0.25) is 0 Å². The van der Waals surface area contributed by atoms with Crippen LogP contribution in [0.4, 0.5) is 0 Å². The van der Waals surface area contributed by atoms with E-state index in [1.54, 1.807) is 0 Å². The Hall–Kier alpha value is -0.0800. The predicted octanol–water partition coefficient (Wildman–Crippen LogP) is 6.34. The van der Waals surface area contributed by atoms with Crippen LogP contribution in [0.3, 0.4) is 0 Å². The lowest BCUT2D eigenvalue weighted by molar-refractivity contribution is -0.172. The Morgan fingerprint density at radius 1 is 0.455 bits per heavy atom. The third-order valence-corrected chi connectivity index (χ3v) is 4.61. The van der Waals surface area contributed by atoms with Crippen molar-refractivity contribution in [2.24, 2.45) is 0 Å². The Balaban J connectivity index is 3.30. The zero-order valence-corrected chi connectivity index (χ0v) is 15.4. The zero-order valence-electron chi connectivity index (χ0n) is 15.4. The van der Waals surface area contributed by atoms with Gasteiger partial charge in [0.15, 0.2) is 5.79 Å². The highest BCUT2D eigenvalue weighted by molar-refractivity contribution is 4.65. The van der Waals surface area contributed by atoms with Crippen LogP contribution in [-0.4, -0.2) is 16.0 Å². The third-order valence-electron chi connectivity index (χ3n) is 4.61. The number of hydrogen-bond acceptors (Lipinski definition) is 2. The summed E-state index contributed by atoms with van der Waals surface area (Å²) in [7, 11) is 0. The minimum atomic E-state index is -1.41. The maximum absolute atomic E-state index is 9.95. The Morgan fingerprint density at radius 2 is 0.727 bits per heavy atom. The van der Waals surface area contributed by atoms with Crippen molar-refractivity contribution in [1.82, 2.24) is 0 Å². The highest BCUT2D eigenvalue weighted by atomic mass is 16.5. The van der Waals surface area contributed by atoms with Gasteiger partial charge in [-0.2, -0.15) is 0 Å². The maximum atomic E-state index is 9.95. The van der Waals surface area contributed by atoms with Gasteiger partial charge in [0.05, 0.1) is 0 Å². The molecule has 0 saturated carbocycles. The van der Waals surface area contributed by atoms with E-state index in [-0.39, 0.29) is 0 Å². The molecule has 0 aliphatic heterocycles. The van der Waals surface area contributed by atoms with Gasteiger partial charge in [-0.05, 0) is 12.8 Å². The fraction of sp³-hybridized carbons (Fsp3) is 1.00. The Kier molecular flexibility index (Phi) is 15.7. The molecular formula is C20H42O2. The molecule has 2 heteroatoms. The topological polar surface area (TPSA) is 40.5 Å². The average Bonchev–Trinajstić information content (AvgIpc) is 2.49. The molecule has 0 heterocycles. The molecule has 0 atom stereocenters. The van der Waals surface area contributed by atoms with Gasteiger partial charge in [0.1, 0.15) is 0 Å². The predicted molar refractivity (Wildman–Crippen MR) is 97.0 cm³/mol. The van der Waals surface area contributed by atoms with E-state index in [9.17, 15) is 10.2 Å². The van der Waals surface area contributed by atoms with Crippen LogP contribution in [-0.2, 0) is 0 Å². The average molecular weight is 315 g/mol. The third kappa shape index (κ3) is 16.3. The first-order valence-electron chi connectivity index (χ1n) is 10.1. The van der Waals surface area contributed by atoms with Crippen molar-refractivity contribution in [1.29, 1.82) is 0 Å². The van der Waals surface area contributed by atoms with Crippen molar-refractivity contribution in [3.63, 3.8) is 0 Å². The van der Waals surface area contributed by atoms with Gasteiger partial charge < -0.3 is 10.2 Å². The van der Waals surface area contributed by atoms with Crippen molar-refractivity contribution in [2.45, 2.75) is 129 Å². The second kappa shape index (κ2) is 15.8. The first-order valence-corrected chi connectivity index (χ1v) is 10.1. The van der Waals surface area contributed by atoms with E-state index in [1.807, 2.05) is 0 Å². The molecule has 2 N–H and O–H groups in total. The highest BCUT2D eigenvalue weighted by Gasteiger charge is 2.21. The van der Waals surface area contributed by atoms with Crippen molar-refractivity contribution in [3.05, 3.63) is 0 Å². The van der Waals surface area contributed by atoms with Crippen LogP contribution in [0.5, 0.6) is 0 Å². The van der Waals surface area contributed by atoms with Crippen LogP contribution < -0.4 is 0 Å². The molecule has 0 aliphatic carbocycles. The normalized spacial score (nSPS) is 12.0. The van der Waals surface area contributed by atoms with E-state index in [0.717, 1.165) is 25.7 Å². The largest absolute Gasteiger partial charge is 0.366 e. The summed E-state index contributed by atoms with van der Waals surface area (Å²) in [6, 6.07) is 0.